The fraction of sp³-hybridized carbons (Fsp3) is 0.208. The van der Waals surface area contributed by atoms with Crippen LogP contribution in [0.1, 0.15) is 28.4 Å². The molecule has 0 spiro atoms. The summed E-state index contributed by atoms with van der Waals surface area (Å²) in [6, 6.07) is 23.0. The van der Waals surface area contributed by atoms with Gasteiger partial charge in [0.05, 0.1) is 22.0 Å². The van der Waals surface area contributed by atoms with Crippen LogP contribution in [0.2, 0.25) is 0 Å². The zero-order valence-electron chi connectivity index (χ0n) is 16.9. The Morgan fingerprint density at radius 2 is 1.53 bits per heavy atom. The quantitative estimate of drug-likeness (QED) is 0.416. The SMILES string of the molecule is CCOC(=O)c1cccc(S(=O)(=O)c2cccc(CCNCc3ccccc3)c2)c1. The molecule has 0 aliphatic carbocycles. The summed E-state index contributed by atoms with van der Waals surface area (Å²) >= 11 is 0. The number of hydrogen-bond acceptors (Lipinski definition) is 5. The topological polar surface area (TPSA) is 72.5 Å². The number of carbonyl (C=O) groups excluding carboxylic acids is 1. The van der Waals surface area contributed by atoms with Gasteiger partial charge < -0.3 is 10.1 Å². The standard InChI is InChI=1S/C24H25NO4S/c1-2-29-24(26)21-11-7-13-23(17-21)30(27,28)22-12-6-10-19(16-22)14-15-25-18-20-8-4-3-5-9-20/h3-13,16-17,25H,2,14-15,18H2,1H3. The van der Waals surface area contributed by atoms with Crippen molar-refractivity contribution in [3.63, 3.8) is 0 Å². The van der Waals surface area contributed by atoms with Gasteiger partial charge in [-0.15, -0.1) is 0 Å². The second kappa shape index (κ2) is 10.2. The number of ether oxygens (including phenoxy) is 1. The summed E-state index contributed by atoms with van der Waals surface area (Å²) in [5, 5.41) is 3.37. The third-order valence-electron chi connectivity index (χ3n) is 4.63. The van der Waals surface area contributed by atoms with E-state index in [0.717, 1.165) is 18.7 Å². The van der Waals surface area contributed by atoms with Crippen molar-refractivity contribution in [2.24, 2.45) is 0 Å². The van der Waals surface area contributed by atoms with E-state index in [9.17, 15) is 13.2 Å². The van der Waals surface area contributed by atoms with Crippen molar-refractivity contribution < 1.29 is 17.9 Å². The van der Waals surface area contributed by atoms with Gasteiger partial charge in [0.15, 0.2) is 0 Å². The fourth-order valence-corrected chi connectivity index (χ4v) is 4.45. The molecule has 0 saturated heterocycles. The molecule has 3 rings (SSSR count). The van der Waals surface area contributed by atoms with Crippen LogP contribution < -0.4 is 5.32 Å². The maximum absolute atomic E-state index is 13.1. The molecule has 156 valence electrons. The summed E-state index contributed by atoms with van der Waals surface area (Å²) in [6.45, 7) is 3.44. The molecule has 30 heavy (non-hydrogen) atoms. The van der Waals surface area contributed by atoms with Crippen LogP contribution in [0.15, 0.2) is 88.7 Å². The Balaban J connectivity index is 1.69. The van der Waals surface area contributed by atoms with Crippen molar-refractivity contribution >= 4 is 15.8 Å². The second-order valence-electron chi connectivity index (χ2n) is 6.81. The van der Waals surface area contributed by atoms with E-state index in [1.165, 1.54) is 17.7 Å². The minimum atomic E-state index is -3.73. The van der Waals surface area contributed by atoms with E-state index in [4.69, 9.17) is 4.74 Å². The molecule has 0 amide bonds. The first kappa shape index (κ1) is 21.7. The summed E-state index contributed by atoms with van der Waals surface area (Å²) < 4.78 is 31.1. The predicted octanol–water partition coefficient (Wildman–Crippen LogP) is 4.03. The average Bonchev–Trinajstić information content (AvgIpc) is 2.78. The van der Waals surface area contributed by atoms with Crippen LogP contribution in [0.4, 0.5) is 0 Å². The van der Waals surface area contributed by atoms with E-state index in [2.05, 4.69) is 17.4 Å². The minimum Gasteiger partial charge on any atom is -0.462 e. The van der Waals surface area contributed by atoms with E-state index >= 15 is 0 Å². The first-order valence-corrected chi connectivity index (χ1v) is 11.3. The van der Waals surface area contributed by atoms with Gasteiger partial charge in [-0.2, -0.15) is 0 Å². The van der Waals surface area contributed by atoms with Gasteiger partial charge >= 0.3 is 5.97 Å². The monoisotopic (exact) mass is 423 g/mol. The molecule has 0 unspecified atom stereocenters. The largest absolute Gasteiger partial charge is 0.462 e. The molecule has 3 aromatic rings. The molecule has 0 saturated carbocycles. The van der Waals surface area contributed by atoms with Crippen LogP contribution in [0.3, 0.4) is 0 Å². The van der Waals surface area contributed by atoms with Crippen LogP contribution in [-0.2, 0) is 27.5 Å². The van der Waals surface area contributed by atoms with Crippen LogP contribution in [0.5, 0.6) is 0 Å². The Bertz CT molecular complexity index is 1090. The van der Waals surface area contributed by atoms with Crippen LogP contribution >= 0.6 is 0 Å². The maximum atomic E-state index is 13.1. The summed E-state index contributed by atoms with van der Waals surface area (Å²) in [4.78, 5) is 12.2. The lowest BCUT2D eigenvalue weighted by Gasteiger charge is -2.09. The third kappa shape index (κ3) is 5.55. The molecule has 3 aromatic carbocycles. The molecule has 6 heteroatoms. The van der Waals surface area contributed by atoms with Crippen molar-refractivity contribution in [1.82, 2.24) is 5.32 Å². The van der Waals surface area contributed by atoms with Crippen molar-refractivity contribution in [2.75, 3.05) is 13.2 Å². The second-order valence-corrected chi connectivity index (χ2v) is 8.76. The minimum absolute atomic E-state index is 0.0763. The van der Waals surface area contributed by atoms with E-state index in [0.29, 0.717) is 6.42 Å². The molecule has 0 bridgehead atoms. The lowest BCUT2D eigenvalue weighted by molar-refractivity contribution is 0.0526. The van der Waals surface area contributed by atoms with Gasteiger partial charge in [-0.25, -0.2) is 13.2 Å². The molecule has 1 N–H and O–H groups in total. The van der Waals surface area contributed by atoms with Crippen molar-refractivity contribution in [1.29, 1.82) is 0 Å². The number of rotatable bonds is 9. The van der Waals surface area contributed by atoms with Gasteiger partial charge in [0.25, 0.3) is 0 Å². The molecular weight excluding hydrogens is 398 g/mol. The zero-order chi connectivity index (χ0) is 21.4. The number of benzene rings is 3. The Morgan fingerprint density at radius 3 is 2.27 bits per heavy atom. The normalized spacial score (nSPS) is 11.2. The Kier molecular flexibility index (Phi) is 7.38. The van der Waals surface area contributed by atoms with Gasteiger partial charge in [0, 0.05) is 6.54 Å². The van der Waals surface area contributed by atoms with Crippen molar-refractivity contribution in [3.8, 4) is 0 Å². The smallest absolute Gasteiger partial charge is 0.338 e. The van der Waals surface area contributed by atoms with Gasteiger partial charge in [0.2, 0.25) is 9.84 Å². The fourth-order valence-electron chi connectivity index (χ4n) is 3.07. The predicted molar refractivity (Wildman–Crippen MR) is 116 cm³/mol. The first-order valence-electron chi connectivity index (χ1n) is 9.86. The lowest BCUT2D eigenvalue weighted by Crippen LogP contribution is -2.16. The van der Waals surface area contributed by atoms with Gasteiger partial charge in [-0.3, -0.25) is 0 Å². The maximum Gasteiger partial charge on any atom is 0.338 e. The number of sulfone groups is 1. The summed E-state index contributed by atoms with van der Waals surface area (Å²) in [6.07, 6.45) is 0.707. The van der Waals surface area contributed by atoms with E-state index in [1.807, 2.05) is 24.3 Å². The number of esters is 1. The molecule has 0 radical (unpaired) electrons. The Labute approximate surface area is 177 Å². The molecule has 0 fully saturated rings. The van der Waals surface area contributed by atoms with Gasteiger partial charge in [0.1, 0.15) is 0 Å². The molecule has 5 nitrogen and oxygen atoms in total. The number of carbonyl (C=O) groups is 1. The number of nitrogens with one attached hydrogen (secondary N) is 1. The van der Waals surface area contributed by atoms with E-state index < -0.39 is 15.8 Å². The molecule has 0 heterocycles. The van der Waals surface area contributed by atoms with Crippen molar-refractivity contribution in [3.05, 3.63) is 95.6 Å². The van der Waals surface area contributed by atoms with Crippen LogP contribution in [0, 0.1) is 0 Å². The van der Waals surface area contributed by atoms with Crippen LogP contribution in [0.25, 0.3) is 0 Å². The first-order chi connectivity index (χ1) is 14.5. The van der Waals surface area contributed by atoms with Crippen molar-refractivity contribution in [2.45, 2.75) is 29.7 Å². The zero-order valence-corrected chi connectivity index (χ0v) is 17.7. The Morgan fingerprint density at radius 1 is 0.867 bits per heavy atom. The molecule has 0 aromatic heterocycles. The summed E-state index contributed by atoms with van der Waals surface area (Å²) in [5.41, 5.74) is 2.35. The Hall–Kier alpha value is -2.96. The molecule has 0 aliphatic rings. The number of hydrogen-bond donors (Lipinski definition) is 1. The van der Waals surface area contributed by atoms with E-state index in [1.54, 1.807) is 37.3 Å². The average molecular weight is 424 g/mol. The molecular formula is C24H25NO4S. The van der Waals surface area contributed by atoms with Gasteiger partial charge in [-0.05, 0) is 61.3 Å². The highest BCUT2D eigenvalue weighted by molar-refractivity contribution is 7.91. The lowest BCUT2D eigenvalue weighted by atomic mass is 10.1. The highest BCUT2D eigenvalue weighted by Gasteiger charge is 2.20. The van der Waals surface area contributed by atoms with Crippen LogP contribution in [-0.4, -0.2) is 27.5 Å². The third-order valence-corrected chi connectivity index (χ3v) is 6.38. The van der Waals surface area contributed by atoms with Gasteiger partial charge in [-0.1, -0.05) is 48.5 Å². The summed E-state index contributed by atoms with van der Waals surface area (Å²) in [7, 11) is -3.73. The molecule has 0 aliphatic heterocycles. The highest BCUT2D eigenvalue weighted by atomic mass is 32.2. The van der Waals surface area contributed by atoms with E-state index in [-0.39, 0.29) is 22.0 Å². The molecule has 0 atom stereocenters. The highest BCUT2D eigenvalue weighted by Crippen LogP contribution is 2.23. The summed E-state index contributed by atoms with van der Waals surface area (Å²) in [5.74, 6) is -0.534.